The van der Waals surface area contributed by atoms with E-state index in [2.05, 4.69) is 4.98 Å². The molecule has 0 amide bonds. The second-order valence-corrected chi connectivity index (χ2v) is 5.66. The predicted octanol–water partition coefficient (Wildman–Crippen LogP) is 3.82. The van der Waals surface area contributed by atoms with Gasteiger partial charge in [0.1, 0.15) is 5.58 Å². The SMILES string of the molecule is O=c1oc2ccc(Cl)cc2cc1-c1cn2ccsc2n1. The van der Waals surface area contributed by atoms with Gasteiger partial charge in [-0.1, -0.05) is 11.6 Å². The van der Waals surface area contributed by atoms with Gasteiger partial charge in [-0.3, -0.25) is 4.40 Å². The van der Waals surface area contributed by atoms with Gasteiger partial charge in [-0.25, -0.2) is 9.78 Å². The molecule has 0 atom stereocenters. The van der Waals surface area contributed by atoms with Crippen LogP contribution in [-0.4, -0.2) is 9.38 Å². The van der Waals surface area contributed by atoms with Crippen LogP contribution in [0.4, 0.5) is 0 Å². The Hall–Kier alpha value is -2.11. The lowest BCUT2D eigenvalue weighted by Crippen LogP contribution is -2.02. The van der Waals surface area contributed by atoms with Gasteiger partial charge in [-0.05, 0) is 24.3 Å². The summed E-state index contributed by atoms with van der Waals surface area (Å²) in [6.45, 7) is 0. The van der Waals surface area contributed by atoms with Crippen LogP contribution in [0.1, 0.15) is 0 Å². The molecule has 0 aliphatic rings. The highest BCUT2D eigenvalue weighted by molar-refractivity contribution is 7.15. The summed E-state index contributed by atoms with van der Waals surface area (Å²) in [6, 6.07) is 6.91. The molecule has 0 saturated heterocycles. The van der Waals surface area contributed by atoms with Gasteiger partial charge in [0.05, 0.1) is 11.3 Å². The standard InChI is InChI=1S/C14H7ClN2O2S/c15-9-1-2-12-8(5-9)6-10(13(18)19-12)11-7-17-3-4-20-14(17)16-11/h1-7H. The molecule has 0 aliphatic carbocycles. The summed E-state index contributed by atoms with van der Waals surface area (Å²) in [5.74, 6) is 0. The summed E-state index contributed by atoms with van der Waals surface area (Å²) in [7, 11) is 0. The molecule has 3 aromatic heterocycles. The van der Waals surface area contributed by atoms with E-state index in [1.165, 1.54) is 11.3 Å². The van der Waals surface area contributed by atoms with E-state index in [1.54, 1.807) is 24.3 Å². The lowest BCUT2D eigenvalue weighted by Gasteiger charge is -2.00. The highest BCUT2D eigenvalue weighted by Crippen LogP contribution is 2.24. The van der Waals surface area contributed by atoms with Crippen molar-refractivity contribution in [3.05, 3.63) is 57.5 Å². The topological polar surface area (TPSA) is 47.5 Å². The lowest BCUT2D eigenvalue weighted by molar-refractivity contribution is 0.563. The number of thiazole rings is 1. The summed E-state index contributed by atoms with van der Waals surface area (Å²) in [4.78, 5) is 17.3. The summed E-state index contributed by atoms with van der Waals surface area (Å²) >= 11 is 7.48. The Balaban J connectivity index is 2.00. The summed E-state index contributed by atoms with van der Waals surface area (Å²) in [5, 5.41) is 3.32. The average Bonchev–Trinajstić information content (AvgIpc) is 2.99. The van der Waals surface area contributed by atoms with Crippen molar-refractivity contribution in [1.29, 1.82) is 0 Å². The molecular weight excluding hydrogens is 296 g/mol. The van der Waals surface area contributed by atoms with Gasteiger partial charge >= 0.3 is 5.63 Å². The smallest absolute Gasteiger partial charge is 0.345 e. The van der Waals surface area contributed by atoms with Crippen LogP contribution in [0, 0.1) is 0 Å². The molecule has 0 radical (unpaired) electrons. The molecule has 0 fully saturated rings. The fourth-order valence-corrected chi connectivity index (χ4v) is 3.01. The first kappa shape index (κ1) is 11.7. The van der Waals surface area contributed by atoms with E-state index in [-0.39, 0.29) is 0 Å². The first-order chi connectivity index (χ1) is 9.70. The minimum atomic E-state index is -0.398. The third-order valence-corrected chi connectivity index (χ3v) is 4.07. The molecule has 6 heteroatoms. The van der Waals surface area contributed by atoms with Crippen molar-refractivity contribution in [2.45, 2.75) is 0 Å². The number of fused-ring (bicyclic) bond motifs is 2. The molecule has 0 N–H and O–H groups in total. The molecule has 0 aliphatic heterocycles. The average molecular weight is 303 g/mol. The molecule has 3 heterocycles. The molecule has 0 unspecified atom stereocenters. The highest BCUT2D eigenvalue weighted by Gasteiger charge is 2.12. The fraction of sp³-hybridized carbons (Fsp3) is 0. The summed E-state index contributed by atoms with van der Waals surface area (Å²) < 4.78 is 7.19. The Morgan fingerprint density at radius 1 is 1.30 bits per heavy atom. The van der Waals surface area contributed by atoms with Gasteiger partial charge in [0.15, 0.2) is 4.96 Å². The fourth-order valence-electron chi connectivity index (χ4n) is 2.13. The van der Waals surface area contributed by atoms with Crippen LogP contribution in [0.25, 0.3) is 27.2 Å². The van der Waals surface area contributed by atoms with Crippen molar-refractivity contribution < 1.29 is 4.42 Å². The molecule has 4 rings (SSSR count). The summed E-state index contributed by atoms with van der Waals surface area (Å²) in [6.07, 6.45) is 3.71. The Morgan fingerprint density at radius 3 is 3.05 bits per heavy atom. The van der Waals surface area contributed by atoms with Crippen LogP contribution < -0.4 is 5.63 Å². The largest absolute Gasteiger partial charge is 0.422 e. The van der Waals surface area contributed by atoms with E-state index in [4.69, 9.17) is 16.0 Å². The zero-order valence-corrected chi connectivity index (χ0v) is 11.6. The van der Waals surface area contributed by atoms with Crippen LogP contribution in [0.15, 0.2) is 51.3 Å². The van der Waals surface area contributed by atoms with Crippen molar-refractivity contribution in [2.24, 2.45) is 0 Å². The quantitative estimate of drug-likeness (QED) is 0.502. The second-order valence-electron chi connectivity index (χ2n) is 4.35. The second kappa shape index (κ2) is 4.19. The molecule has 0 spiro atoms. The Labute approximate surface area is 121 Å². The van der Waals surface area contributed by atoms with Crippen LogP contribution in [0.2, 0.25) is 5.02 Å². The Bertz CT molecular complexity index is 971. The van der Waals surface area contributed by atoms with Crippen molar-refractivity contribution in [3.8, 4) is 11.3 Å². The zero-order valence-electron chi connectivity index (χ0n) is 10.0. The van der Waals surface area contributed by atoms with Crippen LogP contribution >= 0.6 is 22.9 Å². The number of benzene rings is 1. The van der Waals surface area contributed by atoms with Gasteiger partial charge in [0.25, 0.3) is 0 Å². The van der Waals surface area contributed by atoms with Crippen LogP contribution in [-0.2, 0) is 0 Å². The molecule has 4 aromatic rings. The minimum absolute atomic E-state index is 0.398. The Morgan fingerprint density at radius 2 is 2.20 bits per heavy atom. The molecule has 0 saturated carbocycles. The van der Waals surface area contributed by atoms with E-state index < -0.39 is 5.63 Å². The first-order valence-electron chi connectivity index (χ1n) is 5.87. The first-order valence-corrected chi connectivity index (χ1v) is 7.12. The number of hydrogen-bond acceptors (Lipinski definition) is 4. The molecule has 1 aromatic carbocycles. The number of nitrogens with zero attached hydrogens (tertiary/aromatic N) is 2. The van der Waals surface area contributed by atoms with E-state index >= 15 is 0 Å². The van der Waals surface area contributed by atoms with Gasteiger partial charge in [0, 0.05) is 28.2 Å². The van der Waals surface area contributed by atoms with Crippen molar-refractivity contribution in [3.63, 3.8) is 0 Å². The van der Waals surface area contributed by atoms with E-state index in [0.717, 1.165) is 10.3 Å². The lowest BCUT2D eigenvalue weighted by atomic mass is 10.1. The third-order valence-electron chi connectivity index (χ3n) is 3.06. The highest BCUT2D eigenvalue weighted by atomic mass is 35.5. The van der Waals surface area contributed by atoms with Gasteiger partial charge in [-0.2, -0.15) is 0 Å². The number of rotatable bonds is 1. The molecular formula is C14H7ClN2O2S. The van der Waals surface area contributed by atoms with Crippen molar-refractivity contribution in [2.75, 3.05) is 0 Å². The van der Waals surface area contributed by atoms with Crippen molar-refractivity contribution in [1.82, 2.24) is 9.38 Å². The molecule has 20 heavy (non-hydrogen) atoms. The van der Waals surface area contributed by atoms with E-state index in [9.17, 15) is 4.79 Å². The predicted molar refractivity (Wildman–Crippen MR) is 79.6 cm³/mol. The molecule has 4 nitrogen and oxygen atoms in total. The summed E-state index contributed by atoms with van der Waals surface area (Å²) in [5.41, 5.74) is 1.16. The van der Waals surface area contributed by atoms with Crippen LogP contribution in [0.5, 0.6) is 0 Å². The maximum Gasteiger partial charge on any atom is 0.345 e. The number of halogens is 1. The van der Waals surface area contributed by atoms with E-state index in [1.807, 2.05) is 22.2 Å². The maximum absolute atomic E-state index is 12.1. The monoisotopic (exact) mass is 302 g/mol. The van der Waals surface area contributed by atoms with Gasteiger partial charge in [-0.15, -0.1) is 11.3 Å². The molecule has 0 bridgehead atoms. The normalized spacial score (nSPS) is 11.4. The Kier molecular flexibility index (Phi) is 2.45. The van der Waals surface area contributed by atoms with Gasteiger partial charge in [0.2, 0.25) is 0 Å². The zero-order chi connectivity index (χ0) is 13.7. The number of aromatic nitrogens is 2. The molecule has 98 valence electrons. The van der Waals surface area contributed by atoms with E-state index in [0.29, 0.717) is 21.9 Å². The van der Waals surface area contributed by atoms with Crippen LogP contribution in [0.3, 0.4) is 0 Å². The third kappa shape index (κ3) is 1.75. The van der Waals surface area contributed by atoms with Gasteiger partial charge < -0.3 is 4.42 Å². The number of imidazole rings is 1. The minimum Gasteiger partial charge on any atom is -0.422 e. The van der Waals surface area contributed by atoms with Crippen molar-refractivity contribution >= 4 is 38.9 Å². The maximum atomic E-state index is 12.1. The number of hydrogen-bond donors (Lipinski definition) is 0.